The number of nitrogens with zero attached hydrogens (tertiary/aromatic N) is 3. The van der Waals surface area contributed by atoms with Crippen molar-refractivity contribution in [3.8, 4) is 5.95 Å². The Kier molecular flexibility index (Phi) is 3.50. The van der Waals surface area contributed by atoms with Gasteiger partial charge in [0.15, 0.2) is 0 Å². The molecule has 3 rings (SSSR count). The number of H-pyrrole nitrogens is 1. The van der Waals surface area contributed by atoms with Crippen molar-refractivity contribution in [1.29, 1.82) is 0 Å². The Bertz CT molecular complexity index is 677. The number of aryl methyl sites for hydroxylation is 2. The monoisotopic (exact) mass is 336 g/mol. The molecule has 0 radical (unpaired) electrons. The Morgan fingerprint density at radius 3 is 2.45 bits per heavy atom. The highest BCUT2D eigenvalue weighted by molar-refractivity contribution is 9.10. The third-order valence-corrected chi connectivity index (χ3v) is 4.56. The maximum atomic E-state index is 12.4. The zero-order valence-electron chi connectivity index (χ0n) is 11.6. The van der Waals surface area contributed by atoms with Crippen LogP contribution in [0.25, 0.3) is 5.95 Å². The molecule has 6 heteroatoms. The van der Waals surface area contributed by atoms with Crippen LogP contribution in [0.1, 0.15) is 48.7 Å². The van der Waals surface area contributed by atoms with Crippen LogP contribution in [0.5, 0.6) is 0 Å². The molecule has 1 N–H and O–H groups in total. The highest BCUT2D eigenvalue weighted by Gasteiger charge is 2.24. The van der Waals surface area contributed by atoms with Gasteiger partial charge in [0.1, 0.15) is 4.47 Å². The first-order valence-electron chi connectivity index (χ1n) is 6.89. The second-order valence-corrected chi connectivity index (χ2v) is 6.21. The molecular formula is C14H17BrN4O. The second-order valence-electron chi connectivity index (χ2n) is 5.41. The number of nitrogens with one attached hydrogen (secondary N) is 1. The lowest BCUT2D eigenvalue weighted by Crippen LogP contribution is -2.18. The zero-order valence-corrected chi connectivity index (χ0v) is 13.2. The van der Waals surface area contributed by atoms with E-state index in [0.29, 0.717) is 16.3 Å². The van der Waals surface area contributed by atoms with Gasteiger partial charge in [-0.25, -0.2) is 9.97 Å². The standard InChI is InChI=1S/C14H17BrN4O/c1-8-7-9(2)17-14(16-8)19-13(20)11(15)12(18-19)10-5-3-4-6-10/h7,10,18H,3-6H2,1-2H3. The summed E-state index contributed by atoms with van der Waals surface area (Å²) in [6.07, 6.45) is 4.72. The van der Waals surface area contributed by atoms with Crippen LogP contribution in [0, 0.1) is 13.8 Å². The minimum Gasteiger partial charge on any atom is -0.291 e. The van der Waals surface area contributed by atoms with Crippen LogP contribution in [-0.4, -0.2) is 19.7 Å². The summed E-state index contributed by atoms with van der Waals surface area (Å²) in [5.74, 6) is 0.849. The van der Waals surface area contributed by atoms with Crippen molar-refractivity contribution in [2.75, 3.05) is 0 Å². The molecule has 2 aromatic heterocycles. The van der Waals surface area contributed by atoms with Gasteiger partial charge in [-0.05, 0) is 48.7 Å². The van der Waals surface area contributed by atoms with Crippen LogP contribution < -0.4 is 5.56 Å². The molecule has 0 aromatic carbocycles. The molecule has 0 saturated heterocycles. The lowest BCUT2D eigenvalue weighted by molar-refractivity contribution is 0.665. The van der Waals surface area contributed by atoms with Crippen LogP contribution in [0.15, 0.2) is 15.3 Å². The molecule has 20 heavy (non-hydrogen) atoms. The highest BCUT2D eigenvalue weighted by Crippen LogP contribution is 2.35. The van der Waals surface area contributed by atoms with Crippen LogP contribution in [0.3, 0.4) is 0 Å². The Morgan fingerprint density at radius 1 is 1.25 bits per heavy atom. The van der Waals surface area contributed by atoms with Gasteiger partial charge in [-0.2, -0.15) is 4.68 Å². The van der Waals surface area contributed by atoms with E-state index in [1.54, 1.807) is 0 Å². The van der Waals surface area contributed by atoms with Crippen LogP contribution in [-0.2, 0) is 0 Å². The molecule has 0 amide bonds. The van der Waals surface area contributed by atoms with Crippen LogP contribution >= 0.6 is 15.9 Å². The van der Waals surface area contributed by atoms with E-state index in [4.69, 9.17) is 0 Å². The predicted octanol–water partition coefficient (Wildman–Crippen LogP) is 2.99. The van der Waals surface area contributed by atoms with Gasteiger partial charge in [-0.1, -0.05) is 12.8 Å². The van der Waals surface area contributed by atoms with Crippen molar-refractivity contribution in [3.05, 3.63) is 38.0 Å². The van der Waals surface area contributed by atoms with Gasteiger partial charge in [0.05, 0.1) is 5.69 Å². The number of aromatic amines is 1. The average Bonchev–Trinajstić information content (AvgIpc) is 2.99. The quantitative estimate of drug-likeness (QED) is 0.916. The lowest BCUT2D eigenvalue weighted by atomic mass is 10.1. The Labute approximate surface area is 125 Å². The van der Waals surface area contributed by atoms with Gasteiger partial charge in [0, 0.05) is 17.3 Å². The summed E-state index contributed by atoms with van der Waals surface area (Å²) in [5.41, 5.74) is 2.58. The minimum atomic E-state index is -0.114. The zero-order chi connectivity index (χ0) is 14.3. The minimum absolute atomic E-state index is 0.114. The maximum Gasteiger partial charge on any atom is 0.288 e. The van der Waals surface area contributed by atoms with Crippen molar-refractivity contribution in [3.63, 3.8) is 0 Å². The highest BCUT2D eigenvalue weighted by atomic mass is 79.9. The summed E-state index contributed by atoms with van der Waals surface area (Å²) in [6, 6.07) is 1.89. The molecule has 5 nitrogen and oxygen atoms in total. The first-order chi connectivity index (χ1) is 9.56. The third kappa shape index (κ3) is 2.32. The van der Waals surface area contributed by atoms with Crippen molar-refractivity contribution < 1.29 is 0 Å². The van der Waals surface area contributed by atoms with Crippen molar-refractivity contribution >= 4 is 15.9 Å². The normalized spacial score (nSPS) is 15.9. The molecule has 1 aliphatic rings. The summed E-state index contributed by atoms with van der Waals surface area (Å²) >= 11 is 3.43. The number of hydrogen-bond acceptors (Lipinski definition) is 3. The van der Waals surface area contributed by atoms with Gasteiger partial charge in [-0.3, -0.25) is 9.89 Å². The molecule has 0 aliphatic heterocycles. The molecule has 2 aromatic rings. The summed E-state index contributed by atoms with van der Waals surface area (Å²) in [5, 5.41) is 3.19. The molecule has 2 heterocycles. The topological polar surface area (TPSA) is 63.6 Å². The average molecular weight is 337 g/mol. The molecule has 0 unspecified atom stereocenters. The van der Waals surface area contributed by atoms with Gasteiger partial charge in [0.2, 0.25) is 0 Å². The third-order valence-electron chi connectivity index (χ3n) is 3.79. The van der Waals surface area contributed by atoms with Crippen LogP contribution in [0.4, 0.5) is 0 Å². The van der Waals surface area contributed by atoms with Crippen molar-refractivity contribution in [1.82, 2.24) is 19.7 Å². The molecule has 0 atom stereocenters. The second kappa shape index (κ2) is 5.16. The predicted molar refractivity (Wildman–Crippen MR) is 80.4 cm³/mol. The summed E-state index contributed by atoms with van der Waals surface area (Å²) in [6.45, 7) is 3.80. The van der Waals surface area contributed by atoms with Gasteiger partial charge >= 0.3 is 0 Å². The lowest BCUT2D eigenvalue weighted by Gasteiger charge is -2.07. The Hall–Kier alpha value is -1.43. The Morgan fingerprint density at radius 2 is 1.85 bits per heavy atom. The first kappa shape index (κ1) is 13.5. The smallest absolute Gasteiger partial charge is 0.288 e. The summed E-state index contributed by atoms with van der Waals surface area (Å²) in [4.78, 5) is 21.1. The fourth-order valence-electron chi connectivity index (χ4n) is 2.87. The van der Waals surface area contributed by atoms with E-state index in [1.807, 2.05) is 19.9 Å². The first-order valence-corrected chi connectivity index (χ1v) is 7.68. The maximum absolute atomic E-state index is 12.4. The molecule has 0 spiro atoms. The molecule has 1 saturated carbocycles. The van der Waals surface area contributed by atoms with E-state index in [-0.39, 0.29) is 5.56 Å². The Balaban J connectivity index is 2.10. The molecule has 0 bridgehead atoms. The number of hydrogen-bond donors (Lipinski definition) is 1. The van der Waals surface area contributed by atoms with E-state index >= 15 is 0 Å². The molecule has 1 fully saturated rings. The van der Waals surface area contributed by atoms with Gasteiger partial charge < -0.3 is 0 Å². The van der Waals surface area contributed by atoms with Gasteiger partial charge in [-0.15, -0.1) is 0 Å². The molecular weight excluding hydrogens is 320 g/mol. The van der Waals surface area contributed by atoms with E-state index in [9.17, 15) is 4.79 Å². The fraction of sp³-hybridized carbons (Fsp3) is 0.500. The fourth-order valence-corrected chi connectivity index (χ4v) is 3.46. The van der Waals surface area contributed by atoms with Crippen molar-refractivity contribution in [2.45, 2.75) is 45.4 Å². The van der Waals surface area contributed by atoms with E-state index < -0.39 is 0 Å². The SMILES string of the molecule is Cc1cc(C)nc(-n2[nH]c(C3CCCC3)c(Br)c2=O)n1. The van der Waals surface area contributed by atoms with E-state index in [0.717, 1.165) is 29.9 Å². The van der Waals surface area contributed by atoms with E-state index in [1.165, 1.54) is 17.5 Å². The largest absolute Gasteiger partial charge is 0.291 e. The van der Waals surface area contributed by atoms with Crippen LogP contribution in [0.2, 0.25) is 0 Å². The van der Waals surface area contributed by atoms with Gasteiger partial charge in [0.25, 0.3) is 11.5 Å². The molecule has 106 valence electrons. The summed E-state index contributed by atoms with van der Waals surface area (Å²) in [7, 11) is 0. The molecule has 1 aliphatic carbocycles. The number of rotatable bonds is 2. The number of halogens is 1. The number of aromatic nitrogens is 4. The van der Waals surface area contributed by atoms with E-state index in [2.05, 4.69) is 31.0 Å². The summed E-state index contributed by atoms with van der Waals surface area (Å²) < 4.78 is 2.06. The van der Waals surface area contributed by atoms with Crippen molar-refractivity contribution in [2.24, 2.45) is 0 Å².